The van der Waals surface area contributed by atoms with E-state index in [-0.39, 0.29) is 16.0 Å². The Morgan fingerprint density at radius 3 is 2.78 bits per heavy atom. The first-order valence-electron chi connectivity index (χ1n) is 4.87. The van der Waals surface area contributed by atoms with Crippen molar-refractivity contribution < 1.29 is 13.5 Å². The average Bonchev–Trinajstić information content (AvgIpc) is 2.33. The summed E-state index contributed by atoms with van der Waals surface area (Å²) in [6, 6.07) is 6.03. The highest BCUT2D eigenvalue weighted by Gasteiger charge is 2.12. The van der Waals surface area contributed by atoms with Crippen LogP contribution in [-0.2, 0) is 0 Å². The fourth-order valence-electron chi connectivity index (χ4n) is 1.43. The Balaban J connectivity index is 2.57. The van der Waals surface area contributed by atoms with Gasteiger partial charge in [0.05, 0.1) is 5.69 Å². The molecule has 0 saturated heterocycles. The Bertz CT molecular complexity index is 616. The summed E-state index contributed by atoms with van der Waals surface area (Å²) in [6.07, 6.45) is 2.76. The van der Waals surface area contributed by atoms with Crippen molar-refractivity contribution in [3.63, 3.8) is 0 Å². The van der Waals surface area contributed by atoms with Crippen LogP contribution in [-0.4, -0.2) is 16.2 Å². The highest BCUT2D eigenvalue weighted by Crippen LogP contribution is 2.23. The lowest BCUT2D eigenvalue weighted by molar-refractivity contribution is -0.0498. The van der Waals surface area contributed by atoms with Gasteiger partial charge in [0.2, 0.25) is 0 Å². The number of benzene rings is 1. The van der Waals surface area contributed by atoms with E-state index < -0.39 is 12.2 Å². The standard InChI is InChI=1S/C11H7BrF2N2O2/c12-9-10(17)16(6-5-15-9)7-3-1-2-4-8(7)18-11(13)14/h1-6,11H. The van der Waals surface area contributed by atoms with Crippen LogP contribution < -0.4 is 10.3 Å². The lowest BCUT2D eigenvalue weighted by Crippen LogP contribution is -2.20. The lowest BCUT2D eigenvalue weighted by Gasteiger charge is -2.12. The van der Waals surface area contributed by atoms with Gasteiger partial charge in [0.1, 0.15) is 5.75 Å². The van der Waals surface area contributed by atoms with Gasteiger partial charge in [-0.15, -0.1) is 0 Å². The van der Waals surface area contributed by atoms with Crippen molar-refractivity contribution in [2.75, 3.05) is 0 Å². The van der Waals surface area contributed by atoms with Crippen LogP contribution in [0.15, 0.2) is 46.1 Å². The molecule has 0 amide bonds. The molecule has 0 unspecified atom stereocenters. The maximum Gasteiger partial charge on any atom is 0.387 e. The number of ether oxygens (including phenoxy) is 1. The van der Waals surface area contributed by atoms with Crippen LogP contribution in [0.1, 0.15) is 0 Å². The number of aromatic nitrogens is 2. The van der Waals surface area contributed by atoms with E-state index in [1.54, 1.807) is 12.1 Å². The molecule has 7 heteroatoms. The molecule has 0 aliphatic rings. The minimum absolute atomic E-state index is 0.0762. The van der Waals surface area contributed by atoms with Crippen LogP contribution in [0.2, 0.25) is 0 Å². The van der Waals surface area contributed by atoms with Crippen LogP contribution in [0.4, 0.5) is 8.78 Å². The maximum atomic E-state index is 12.3. The number of nitrogens with zero attached hydrogens (tertiary/aromatic N) is 2. The molecule has 0 saturated carbocycles. The molecule has 0 aliphatic heterocycles. The smallest absolute Gasteiger partial charge is 0.387 e. The minimum atomic E-state index is -2.95. The molecule has 0 radical (unpaired) electrons. The van der Waals surface area contributed by atoms with Gasteiger partial charge in [0.15, 0.2) is 4.60 Å². The zero-order valence-electron chi connectivity index (χ0n) is 8.89. The predicted molar refractivity (Wildman–Crippen MR) is 64.2 cm³/mol. The van der Waals surface area contributed by atoms with Crippen molar-refractivity contribution in [3.05, 3.63) is 51.6 Å². The SMILES string of the molecule is O=c1c(Br)nccn1-c1ccccc1OC(F)F. The first-order chi connectivity index (χ1) is 8.59. The summed E-state index contributed by atoms with van der Waals surface area (Å²) in [6.45, 7) is -2.95. The molecule has 2 rings (SSSR count). The molecule has 94 valence electrons. The van der Waals surface area contributed by atoms with Gasteiger partial charge in [-0.2, -0.15) is 8.78 Å². The van der Waals surface area contributed by atoms with E-state index in [1.807, 2.05) is 0 Å². The zero-order valence-corrected chi connectivity index (χ0v) is 10.5. The molecule has 0 N–H and O–H groups in total. The fraction of sp³-hybridized carbons (Fsp3) is 0.0909. The third kappa shape index (κ3) is 2.56. The number of halogens is 3. The van der Waals surface area contributed by atoms with Crippen LogP contribution >= 0.6 is 15.9 Å². The topological polar surface area (TPSA) is 44.1 Å². The number of rotatable bonds is 3. The Labute approximate surface area is 109 Å². The molecule has 1 aromatic carbocycles. The van der Waals surface area contributed by atoms with Gasteiger partial charge >= 0.3 is 6.61 Å². The van der Waals surface area contributed by atoms with Crippen molar-refractivity contribution >= 4 is 15.9 Å². The fourth-order valence-corrected chi connectivity index (χ4v) is 1.74. The van der Waals surface area contributed by atoms with Crippen LogP contribution in [0.25, 0.3) is 5.69 Å². The summed E-state index contributed by atoms with van der Waals surface area (Å²) in [5.74, 6) is -0.0762. The molecule has 0 spiro atoms. The molecule has 2 aromatic rings. The van der Waals surface area contributed by atoms with E-state index >= 15 is 0 Å². The van der Waals surface area contributed by atoms with E-state index in [9.17, 15) is 13.6 Å². The molecule has 0 fully saturated rings. The van der Waals surface area contributed by atoms with Gasteiger partial charge in [0, 0.05) is 12.4 Å². The monoisotopic (exact) mass is 316 g/mol. The van der Waals surface area contributed by atoms with E-state index in [4.69, 9.17) is 0 Å². The Morgan fingerprint density at radius 1 is 1.33 bits per heavy atom. The van der Waals surface area contributed by atoms with E-state index in [0.29, 0.717) is 0 Å². The molecule has 4 nitrogen and oxygen atoms in total. The van der Waals surface area contributed by atoms with Crippen LogP contribution in [0.3, 0.4) is 0 Å². The molecule has 1 heterocycles. The Hall–Kier alpha value is -1.76. The Kier molecular flexibility index (Phi) is 3.71. The van der Waals surface area contributed by atoms with Gasteiger partial charge < -0.3 is 4.74 Å². The molecular formula is C11H7BrF2N2O2. The molecule has 18 heavy (non-hydrogen) atoms. The largest absolute Gasteiger partial charge is 0.433 e. The van der Waals surface area contributed by atoms with Gasteiger partial charge in [-0.1, -0.05) is 12.1 Å². The van der Waals surface area contributed by atoms with E-state index in [1.165, 1.54) is 29.1 Å². The number of hydrogen-bond donors (Lipinski definition) is 0. The van der Waals surface area contributed by atoms with Crippen LogP contribution in [0.5, 0.6) is 5.75 Å². The molecular weight excluding hydrogens is 310 g/mol. The molecule has 1 aromatic heterocycles. The zero-order chi connectivity index (χ0) is 13.1. The number of hydrogen-bond acceptors (Lipinski definition) is 3. The second-order valence-corrected chi connectivity index (χ2v) is 3.99. The summed E-state index contributed by atoms with van der Waals surface area (Å²) >= 11 is 2.99. The molecule has 0 aliphatic carbocycles. The van der Waals surface area contributed by atoms with E-state index in [0.717, 1.165) is 0 Å². The van der Waals surface area contributed by atoms with Gasteiger partial charge in [-0.25, -0.2) is 4.98 Å². The van der Waals surface area contributed by atoms with Crippen LogP contribution in [0, 0.1) is 0 Å². The lowest BCUT2D eigenvalue weighted by atomic mass is 10.3. The Morgan fingerprint density at radius 2 is 2.06 bits per heavy atom. The summed E-state index contributed by atoms with van der Waals surface area (Å²) < 4.78 is 30.2. The normalized spacial score (nSPS) is 10.7. The van der Waals surface area contributed by atoms with Gasteiger partial charge in [-0.3, -0.25) is 9.36 Å². The molecule has 0 atom stereocenters. The third-order valence-electron chi connectivity index (χ3n) is 2.14. The summed E-state index contributed by atoms with van der Waals surface area (Å²) in [5, 5.41) is 0. The minimum Gasteiger partial charge on any atom is -0.433 e. The van der Waals surface area contributed by atoms with Gasteiger partial charge in [-0.05, 0) is 28.1 Å². The van der Waals surface area contributed by atoms with Crippen molar-refractivity contribution in [3.8, 4) is 11.4 Å². The third-order valence-corrected chi connectivity index (χ3v) is 2.68. The average molecular weight is 317 g/mol. The van der Waals surface area contributed by atoms with E-state index in [2.05, 4.69) is 25.7 Å². The summed E-state index contributed by atoms with van der Waals surface area (Å²) in [7, 11) is 0. The number of alkyl halides is 2. The van der Waals surface area contributed by atoms with Crippen molar-refractivity contribution in [1.29, 1.82) is 0 Å². The summed E-state index contributed by atoms with van der Waals surface area (Å²) in [4.78, 5) is 15.6. The van der Waals surface area contributed by atoms with Gasteiger partial charge in [0.25, 0.3) is 5.56 Å². The predicted octanol–water partition coefficient (Wildman–Crippen LogP) is 2.60. The second kappa shape index (κ2) is 5.26. The first kappa shape index (κ1) is 12.7. The van der Waals surface area contributed by atoms with Crippen molar-refractivity contribution in [2.24, 2.45) is 0 Å². The number of para-hydroxylation sites is 2. The first-order valence-corrected chi connectivity index (χ1v) is 5.66. The maximum absolute atomic E-state index is 12.3. The van der Waals surface area contributed by atoms with Crippen molar-refractivity contribution in [2.45, 2.75) is 6.61 Å². The molecule has 0 bridgehead atoms. The quantitative estimate of drug-likeness (QED) is 0.874. The highest BCUT2D eigenvalue weighted by atomic mass is 79.9. The van der Waals surface area contributed by atoms with Crippen molar-refractivity contribution in [1.82, 2.24) is 9.55 Å². The summed E-state index contributed by atoms with van der Waals surface area (Å²) in [5.41, 5.74) is -0.228. The highest BCUT2D eigenvalue weighted by molar-refractivity contribution is 9.10. The second-order valence-electron chi connectivity index (χ2n) is 3.24.